The number of rotatable bonds is 4. The zero-order chi connectivity index (χ0) is 14.7. The van der Waals surface area contributed by atoms with Crippen LogP contribution in [-0.2, 0) is 7.05 Å². The van der Waals surface area contributed by atoms with Crippen molar-refractivity contribution in [2.24, 2.45) is 12.0 Å². The van der Waals surface area contributed by atoms with Crippen LogP contribution in [0, 0.1) is 13.8 Å². The lowest BCUT2D eigenvalue weighted by Crippen LogP contribution is -1.93. The van der Waals surface area contributed by atoms with E-state index in [0.29, 0.717) is 5.92 Å². The van der Waals surface area contributed by atoms with E-state index in [1.165, 1.54) is 28.9 Å². The number of benzene rings is 1. The smallest absolute Gasteiger partial charge is 0.0630 e. The molecule has 0 amide bonds. The molecule has 1 aromatic heterocycles. The molecule has 0 radical (unpaired) electrons. The minimum Gasteiger partial charge on any atom is -0.352 e. The second kappa shape index (κ2) is 6.08. The van der Waals surface area contributed by atoms with Crippen LogP contribution in [0.25, 0.3) is 0 Å². The summed E-state index contributed by atoms with van der Waals surface area (Å²) in [7, 11) is 2.09. The third kappa shape index (κ3) is 3.01. The predicted molar refractivity (Wildman–Crippen MR) is 87.3 cm³/mol. The molecule has 0 fully saturated rings. The van der Waals surface area contributed by atoms with Crippen molar-refractivity contribution < 1.29 is 0 Å². The third-order valence-electron chi connectivity index (χ3n) is 4.24. The first-order valence-electron chi connectivity index (χ1n) is 7.30. The predicted octanol–water partition coefficient (Wildman–Crippen LogP) is 4.91. The summed E-state index contributed by atoms with van der Waals surface area (Å²) < 4.78 is 2.19. The molecule has 0 aliphatic rings. The fourth-order valence-corrected chi connectivity index (χ4v) is 2.28. The molecule has 1 atom stereocenters. The fraction of sp³-hybridized carbons (Fsp3) is 0.389. The second-order valence-electron chi connectivity index (χ2n) is 5.54. The Kier molecular flexibility index (Phi) is 4.43. The van der Waals surface area contributed by atoms with Crippen molar-refractivity contribution in [3.8, 4) is 0 Å². The molecule has 20 heavy (non-hydrogen) atoms. The van der Waals surface area contributed by atoms with Gasteiger partial charge in [-0.15, -0.1) is 0 Å². The van der Waals surface area contributed by atoms with Crippen LogP contribution in [0.1, 0.15) is 48.7 Å². The van der Waals surface area contributed by atoms with Gasteiger partial charge < -0.3 is 4.57 Å². The second-order valence-corrected chi connectivity index (χ2v) is 5.54. The molecule has 2 aromatic rings. The van der Waals surface area contributed by atoms with Crippen LogP contribution < -0.4 is 0 Å². The van der Waals surface area contributed by atoms with Crippen molar-refractivity contribution in [1.29, 1.82) is 0 Å². The molecule has 1 aromatic carbocycles. The lowest BCUT2D eigenvalue weighted by Gasteiger charge is -2.08. The van der Waals surface area contributed by atoms with E-state index >= 15 is 0 Å². The Morgan fingerprint density at radius 1 is 1.20 bits per heavy atom. The molecule has 0 N–H and O–H groups in total. The number of hydrogen-bond acceptors (Lipinski definition) is 1. The summed E-state index contributed by atoms with van der Waals surface area (Å²) in [5, 5.41) is 0. The van der Waals surface area contributed by atoms with Gasteiger partial charge in [-0.2, -0.15) is 0 Å². The highest BCUT2D eigenvalue weighted by Gasteiger charge is 2.04. The van der Waals surface area contributed by atoms with Crippen molar-refractivity contribution in [1.82, 2.24) is 4.57 Å². The first kappa shape index (κ1) is 14.6. The molecule has 2 rings (SSSR count). The fourth-order valence-electron chi connectivity index (χ4n) is 2.28. The van der Waals surface area contributed by atoms with Gasteiger partial charge in [0.15, 0.2) is 0 Å². The summed E-state index contributed by atoms with van der Waals surface area (Å²) in [5.74, 6) is 0.618. The number of aromatic nitrogens is 1. The zero-order valence-electron chi connectivity index (χ0n) is 13.1. The molecule has 0 saturated heterocycles. The van der Waals surface area contributed by atoms with Gasteiger partial charge in [-0.1, -0.05) is 26.0 Å². The van der Waals surface area contributed by atoms with Crippen molar-refractivity contribution in [3.63, 3.8) is 0 Å². The monoisotopic (exact) mass is 268 g/mol. The Bertz CT molecular complexity index is 603. The minimum atomic E-state index is 0.618. The van der Waals surface area contributed by atoms with E-state index in [4.69, 9.17) is 0 Å². The molecule has 2 nitrogen and oxygen atoms in total. The van der Waals surface area contributed by atoms with Gasteiger partial charge in [0.25, 0.3) is 0 Å². The summed E-state index contributed by atoms with van der Waals surface area (Å²) in [6.45, 7) is 8.72. The van der Waals surface area contributed by atoms with Gasteiger partial charge in [0.2, 0.25) is 0 Å². The Balaban J connectivity index is 2.17. The molecule has 0 aliphatic carbocycles. The first-order valence-corrected chi connectivity index (χ1v) is 7.30. The van der Waals surface area contributed by atoms with Crippen molar-refractivity contribution >= 4 is 11.9 Å². The Morgan fingerprint density at radius 2 is 1.85 bits per heavy atom. The van der Waals surface area contributed by atoms with E-state index in [2.05, 4.69) is 74.6 Å². The largest absolute Gasteiger partial charge is 0.352 e. The number of nitrogens with zero attached hydrogens (tertiary/aromatic N) is 2. The molecular formula is C18H24N2. The number of hydrogen-bond donors (Lipinski definition) is 0. The number of aryl methyl sites for hydroxylation is 1. The maximum absolute atomic E-state index is 4.58. The van der Waals surface area contributed by atoms with Gasteiger partial charge in [0, 0.05) is 30.2 Å². The summed E-state index contributed by atoms with van der Waals surface area (Å²) in [6, 6.07) is 10.7. The molecule has 0 aliphatic heterocycles. The van der Waals surface area contributed by atoms with Gasteiger partial charge in [0.05, 0.1) is 5.69 Å². The van der Waals surface area contributed by atoms with Crippen LogP contribution in [0.5, 0.6) is 0 Å². The first-order chi connectivity index (χ1) is 9.52. The van der Waals surface area contributed by atoms with E-state index < -0.39 is 0 Å². The summed E-state index contributed by atoms with van der Waals surface area (Å²) in [4.78, 5) is 4.58. The van der Waals surface area contributed by atoms with Crippen LogP contribution in [0.2, 0.25) is 0 Å². The van der Waals surface area contributed by atoms with Gasteiger partial charge in [-0.05, 0) is 49.9 Å². The Morgan fingerprint density at radius 3 is 2.35 bits per heavy atom. The molecule has 106 valence electrons. The van der Waals surface area contributed by atoms with Gasteiger partial charge in [0.1, 0.15) is 0 Å². The maximum Gasteiger partial charge on any atom is 0.0630 e. The van der Waals surface area contributed by atoms with E-state index in [1.807, 2.05) is 6.21 Å². The molecule has 0 spiro atoms. The highest BCUT2D eigenvalue weighted by Crippen LogP contribution is 2.22. The summed E-state index contributed by atoms with van der Waals surface area (Å²) in [5.41, 5.74) is 6.10. The molecule has 0 saturated carbocycles. The highest BCUT2D eigenvalue weighted by molar-refractivity contribution is 5.83. The topological polar surface area (TPSA) is 17.3 Å². The van der Waals surface area contributed by atoms with E-state index in [9.17, 15) is 0 Å². The van der Waals surface area contributed by atoms with E-state index in [0.717, 1.165) is 5.69 Å². The lowest BCUT2D eigenvalue weighted by atomic mass is 9.99. The molecule has 0 unspecified atom stereocenters. The SMILES string of the molecule is CC[C@H](C)c1ccc(N=Cc2cc(C)n(C)c2C)cc1. The quantitative estimate of drug-likeness (QED) is 0.701. The van der Waals surface area contributed by atoms with Crippen LogP contribution >= 0.6 is 0 Å². The van der Waals surface area contributed by atoms with E-state index in [1.54, 1.807) is 0 Å². The third-order valence-corrected chi connectivity index (χ3v) is 4.24. The molecular weight excluding hydrogens is 244 g/mol. The van der Waals surface area contributed by atoms with Gasteiger partial charge >= 0.3 is 0 Å². The van der Waals surface area contributed by atoms with Crippen LogP contribution in [-0.4, -0.2) is 10.8 Å². The zero-order valence-corrected chi connectivity index (χ0v) is 13.1. The maximum atomic E-state index is 4.58. The van der Waals surface area contributed by atoms with Crippen molar-refractivity contribution in [2.45, 2.75) is 40.0 Å². The Labute approximate surface area is 122 Å². The van der Waals surface area contributed by atoms with Crippen molar-refractivity contribution in [3.05, 3.63) is 52.8 Å². The van der Waals surface area contributed by atoms with Gasteiger partial charge in [-0.25, -0.2) is 0 Å². The summed E-state index contributed by atoms with van der Waals surface area (Å²) >= 11 is 0. The molecule has 1 heterocycles. The molecule has 0 bridgehead atoms. The Hall–Kier alpha value is -1.83. The average molecular weight is 268 g/mol. The standard InChI is InChI=1S/C18H24N2/c1-6-13(2)16-7-9-18(10-8-16)19-12-17-11-14(3)20(5)15(17)4/h7-13H,6H2,1-5H3/t13-/m0/s1. The highest BCUT2D eigenvalue weighted by atomic mass is 14.9. The van der Waals surface area contributed by atoms with Crippen LogP contribution in [0.3, 0.4) is 0 Å². The molecule has 2 heteroatoms. The van der Waals surface area contributed by atoms with Crippen LogP contribution in [0.4, 0.5) is 5.69 Å². The minimum absolute atomic E-state index is 0.618. The summed E-state index contributed by atoms with van der Waals surface area (Å²) in [6.07, 6.45) is 3.13. The van der Waals surface area contributed by atoms with Gasteiger partial charge in [-0.3, -0.25) is 4.99 Å². The normalized spacial score (nSPS) is 13.1. The van der Waals surface area contributed by atoms with Crippen molar-refractivity contribution in [2.75, 3.05) is 0 Å². The average Bonchev–Trinajstić information content (AvgIpc) is 2.72. The lowest BCUT2D eigenvalue weighted by molar-refractivity contribution is 0.734. The van der Waals surface area contributed by atoms with E-state index in [-0.39, 0.29) is 0 Å². The number of aliphatic imine (C=N–C) groups is 1. The van der Waals surface area contributed by atoms with Crippen LogP contribution in [0.15, 0.2) is 35.3 Å².